The van der Waals surface area contributed by atoms with Crippen LogP contribution in [0.15, 0.2) is 30.3 Å². The number of ketones is 1. The number of nitrogens with two attached hydrogens (primary N) is 1. The van der Waals surface area contributed by atoms with Gasteiger partial charge in [0.25, 0.3) is 5.91 Å². The van der Waals surface area contributed by atoms with Crippen LogP contribution in [0.1, 0.15) is 70.6 Å². The summed E-state index contributed by atoms with van der Waals surface area (Å²) in [4.78, 5) is 67.8. The monoisotopic (exact) mass is 539 g/mol. The molecule has 3 aliphatic rings. The van der Waals surface area contributed by atoms with Gasteiger partial charge in [-0.25, -0.2) is 4.79 Å². The van der Waals surface area contributed by atoms with Crippen molar-refractivity contribution in [1.82, 2.24) is 15.5 Å². The van der Waals surface area contributed by atoms with E-state index < -0.39 is 35.7 Å². The van der Waals surface area contributed by atoms with Crippen LogP contribution in [0.3, 0.4) is 0 Å². The summed E-state index contributed by atoms with van der Waals surface area (Å²) in [6.45, 7) is 0.390. The summed E-state index contributed by atoms with van der Waals surface area (Å²) in [5, 5.41) is 5.73. The molecule has 0 aromatic heterocycles. The Labute approximate surface area is 230 Å². The lowest BCUT2D eigenvalue weighted by atomic mass is 9.80. The summed E-state index contributed by atoms with van der Waals surface area (Å²) in [6, 6.07) is 6.33. The number of hydrogen-bond acceptors (Lipinski definition) is 5. The third kappa shape index (κ3) is 6.96. The Morgan fingerprint density at radius 3 is 2.23 bits per heavy atom. The molecule has 10 heteroatoms. The number of anilines is 1. The van der Waals surface area contributed by atoms with Crippen molar-refractivity contribution in [3.05, 3.63) is 30.3 Å². The van der Waals surface area contributed by atoms with Crippen LogP contribution in [-0.4, -0.2) is 66.2 Å². The summed E-state index contributed by atoms with van der Waals surface area (Å²) in [5.74, 6) is -2.34. The minimum atomic E-state index is -1.07. The molecule has 1 aliphatic heterocycles. The van der Waals surface area contributed by atoms with Crippen molar-refractivity contribution in [2.45, 2.75) is 88.8 Å². The number of amides is 5. The number of nitrogens with one attached hydrogen (secondary N) is 2. The maximum atomic E-state index is 14.0. The van der Waals surface area contributed by atoms with E-state index >= 15 is 0 Å². The summed E-state index contributed by atoms with van der Waals surface area (Å²) in [7, 11) is 1.66. The molecule has 4 N–H and O–H groups in total. The van der Waals surface area contributed by atoms with Crippen LogP contribution < -0.4 is 21.3 Å². The van der Waals surface area contributed by atoms with Gasteiger partial charge < -0.3 is 21.3 Å². The third-order valence-electron chi connectivity index (χ3n) is 8.62. The zero-order valence-electron chi connectivity index (χ0n) is 22.8. The topological polar surface area (TPSA) is 142 Å². The number of likely N-dealkylation sites (tertiary alicyclic amines) is 1. The first-order valence-corrected chi connectivity index (χ1v) is 14.3. The number of hydrogen-bond donors (Lipinski definition) is 3. The van der Waals surface area contributed by atoms with E-state index in [1.54, 1.807) is 11.9 Å². The smallest absolute Gasteiger partial charge is 0.322 e. The van der Waals surface area contributed by atoms with Gasteiger partial charge in [0.1, 0.15) is 12.1 Å². The number of benzene rings is 1. The Kier molecular flexibility index (Phi) is 9.59. The van der Waals surface area contributed by atoms with Gasteiger partial charge in [-0.2, -0.15) is 0 Å². The van der Waals surface area contributed by atoms with E-state index in [9.17, 15) is 24.0 Å². The first-order chi connectivity index (χ1) is 18.8. The number of urea groups is 1. The molecule has 39 heavy (non-hydrogen) atoms. The Balaban J connectivity index is 1.48. The molecule has 0 radical (unpaired) electrons. The fraction of sp³-hybridized carbons (Fsp3) is 0.621. The normalized spacial score (nSPS) is 21.4. The minimum Gasteiger partial charge on any atom is -0.363 e. The zero-order valence-corrected chi connectivity index (χ0v) is 22.8. The Bertz CT molecular complexity index is 1050. The average molecular weight is 540 g/mol. The molecule has 212 valence electrons. The fourth-order valence-electron chi connectivity index (χ4n) is 6.06. The second-order valence-electron chi connectivity index (χ2n) is 11.2. The van der Waals surface area contributed by atoms with Gasteiger partial charge in [0.05, 0.1) is 6.04 Å². The van der Waals surface area contributed by atoms with Crippen LogP contribution in [0.2, 0.25) is 0 Å². The van der Waals surface area contributed by atoms with Crippen molar-refractivity contribution < 1.29 is 24.0 Å². The molecule has 0 bridgehead atoms. The highest BCUT2D eigenvalue weighted by atomic mass is 16.2. The first-order valence-electron chi connectivity index (χ1n) is 14.3. The lowest BCUT2D eigenvalue weighted by molar-refractivity contribution is -0.143. The van der Waals surface area contributed by atoms with Gasteiger partial charge in [0.2, 0.25) is 17.6 Å². The number of rotatable bonds is 10. The Hall–Kier alpha value is -3.43. The van der Waals surface area contributed by atoms with Crippen molar-refractivity contribution in [2.24, 2.45) is 17.6 Å². The lowest BCUT2D eigenvalue weighted by Gasteiger charge is -2.36. The highest BCUT2D eigenvalue weighted by Crippen LogP contribution is 2.32. The van der Waals surface area contributed by atoms with Gasteiger partial charge in [0, 0.05) is 19.3 Å². The van der Waals surface area contributed by atoms with E-state index in [1.165, 1.54) is 4.90 Å². The van der Waals surface area contributed by atoms with Gasteiger partial charge >= 0.3 is 6.03 Å². The molecule has 5 amide bonds. The van der Waals surface area contributed by atoms with Crippen LogP contribution in [0.4, 0.5) is 10.5 Å². The van der Waals surface area contributed by atoms with Crippen LogP contribution in [0.25, 0.3) is 0 Å². The van der Waals surface area contributed by atoms with E-state index in [4.69, 9.17) is 5.73 Å². The molecule has 2 saturated carbocycles. The van der Waals surface area contributed by atoms with E-state index in [1.807, 2.05) is 30.3 Å². The van der Waals surface area contributed by atoms with Crippen LogP contribution >= 0.6 is 0 Å². The van der Waals surface area contributed by atoms with Gasteiger partial charge in [-0.1, -0.05) is 56.7 Å². The second-order valence-corrected chi connectivity index (χ2v) is 11.2. The SMILES string of the molecule is CN(C(=O)NC(C(=O)N1CCCC1C(=O)NC(CC1CCC1)C(=O)C(N)=O)C1CCCCC1)c1ccccc1. The summed E-state index contributed by atoms with van der Waals surface area (Å²) >= 11 is 0. The number of carbonyl (C=O) groups excluding carboxylic acids is 5. The van der Waals surface area contributed by atoms with Crippen LogP contribution in [0, 0.1) is 11.8 Å². The summed E-state index contributed by atoms with van der Waals surface area (Å²) < 4.78 is 0. The molecule has 3 atom stereocenters. The molecule has 3 fully saturated rings. The van der Waals surface area contributed by atoms with Crippen LogP contribution in [0.5, 0.6) is 0 Å². The third-order valence-corrected chi connectivity index (χ3v) is 8.62. The van der Waals surface area contributed by atoms with Crippen molar-refractivity contribution >= 4 is 35.2 Å². The molecule has 4 rings (SSSR count). The van der Waals surface area contributed by atoms with Crippen molar-refractivity contribution in [3.63, 3.8) is 0 Å². The van der Waals surface area contributed by atoms with Crippen molar-refractivity contribution in [1.29, 1.82) is 0 Å². The molecule has 1 saturated heterocycles. The average Bonchev–Trinajstić information content (AvgIpc) is 3.42. The standard InChI is InChI=1S/C29H41N5O5/c1-33(21-14-6-3-7-15-21)29(39)32-24(20-12-4-2-5-13-20)28(38)34-17-9-16-23(34)27(37)31-22(25(35)26(30)36)18-19-10-8-11-19/h3,6-7,14-15,19-20,22-24H,2,4-5,8-13,16-18H2,1H3,(H2,30,36)(H,31,37)(H,32,39). The van der Waals surface area contributed by atoms with Gasteiger partial charge in [-0.05, 0) is 56.1 Å². The largest absolute Gasteiger partial charge is 0.363 e. The first kappa shape index (κ1) is 28.6. The molecule has 10 nitrogen and oxygen atoms in total. The van der Waals surface area contributed by atoms with Crippen LogP contribution in [-0.2, 0) is 19.2 Å². The van der Waals surface area contributed by atoms with E-state index in [2.05, 4.69) is 10.6 Å². The predicted octanol–water partition coefficient (Wildman–Crippen LogP) is 2.50. The van der Waals surface area contributed by atoms with E-state index in [0.717, 1.165) is 51.4 Å². The second kappa shape index (κ2) is 13.1. The molecule has 1 aromatic carbocycles. The van der Waals surface area contributed by atoms with Gasteiger partial charge in [0.15, 0.2) is 0 Å². The molecular weight excluding hydrogens is 498 g/mol. The number of primary amides is 1. The molecule has 3 unspecified atom stereocenters. The number of nitrogens with zero attached hydrogens (tertiary/aromatic N) is 2. The Morgan fingerprint density at radius 2 is 1.62 bits per heavy atom. The molecule has 1 heterocycles. The highest BCUT2D eigenvalue weighted by Gasteiger charge is 2.42. The van der Waals surface area contributed by atoms with E-state index in [-0.39, 0.29) is 23.8 Å². The van der Waals surface area contributed by atoms with Crippen molar-refractivity contribution in [3.8, 4) is 0 Å². The number of carbonyl (C=O) groups is 5. The van der Waals surface area contributed by atoms with Crippen molar-refractivity contribution in [2.75, 3.05) is 18.5 Å². The van der Waals surface area contributed by atoms with Gasteiger partial charge in [-0.3, -0.25) is 24.1 Å². The Morgan fingerprint density at radius 1 is 0.923 bits per heavy atom. The minimum absolute atomic E-state index is 0.0218. The molecular formula is C29H41N5O5. The fourth-order valence-corrected chi connectivity index (χ4v) is 6.06. The number of Topliss-reactive ketones (excluding diaryl/α,β-unsaturated/α-hetero) is 1. The quantitative estimate of drug-likeness (QED) is 0.392. The predicted molar refractivity (Wildman–Crippen MR) is 147 cm³/mol. The molecule has 0 spiro atoms. The summed E-state index contributed by atoms with van der Waals surface area (Å²) in [6.07, 6.45) is 9.15. The van der Waals surface area contributed by atoms with Gasteiger partial charge in [-0.15, -0.1) is 0 Å². The maximum absolute atomic E-state index is 14.0. The van der Waals surface area contributed by atoms with E-state index in [0.29, 0.717) is 31.5 Å². The highest BCUT2D eigenvalue weighted by molar-refractivity contribution is 6.37. The molecule has 1 aromatic rings. The maximum Gasteiger partial charge on any atom is 0.322 e. The lowest BCUT2D eigenvalue weighted by Crippen LogP contribution is -2.59. The number of para-hydroxylation sites is 1. The zero-order chi connectivity index (χ0) is 27.9. The summed E-state index contributed by atoms with van der Waals surface area (Å²) in [5.41, 5.74) is 5.97. The molecule has 2 aliphatic carbocycles.